The Morgan fingerprint density at radius 1 is 1.38 bits per heavy atom. The lowest BCUT2D eigenvalue weighted by atomic mass is 10.2. The molecule has 5 nitrogen and oxygen atoms in total. The average molecular weight is 353 g/mol. The lowest BCUT2D eigenvalue weighted by molar-refractivity contribution is -0.125. The minimum atomic E-state index is -0.481. The predicted octanol–water partition coefficient (Wildman–Crippen LogP) is 1.86. The number of nitrogens with one attached hydrogen (secondary N) is 2. The average Bonchev–Trinajstić information content (AvgIpc) is 2.75. The number of carbonyl (C=O) groups is 2. The van der Waals surface area contributed by atoms with Crippen LogP contribution in [0.4, 0.5) is 5.69 Å². The van der Waals surface area contributed by atoms with Gasteiger partial charge in [-0.2, -0.15) is 0 Å². The third kappa shape index (κ3) is 4.23. The van der Waals surface area contributed by atoms with Gasteiger partial charge in [0.15, 0.2) is 0 Å². The van der Waals surface area contributed by atoms with Gasteiger partial charge in [-0.3, -0.25) is 9.59 Å². The van der Waals surface area contributed by atoms with Gasteiger partial charge in [-0.1, -0.05) is 23.2 Å². The molecule has 1 aliphatic heterocycles. The maximum atomic E-state index is 12.3. The van der Waals surface area contributed by atoms with Crippen molar-refractivity contribution in [3.63, 3.8) is 0 Å². The number of hydrogen-bond donors (Lipinski definition) is 2. The van der Waals surface area contributed by atoms with Crippen molar-refractivity contribution in [1.82, 2.24) is 10.6 Å². The highest BCUT2D eigenvalue weighted by Gasteiger charge is 2.33. The van der Waals surface area contributed by atoms with Gasteiger partial charge in [0.05, 0.1) is 16.6 Å². The minimum absolute atomic E-state index is 0. The first-order chi connectivity index (χ1) is 9.52. The van der Waals surface area contributed by atoms with E-state index < -0.39 is 6.04 Å². The number of carbonyl (C=O) groups excluding carboxylic acids is 2. The van der Waals surface area contributed by atoms with Gasteiger partial charge in [0.1, 0.15) is 6.04 Å². The predicted molar refractivity (Wildman–Crippen MR) is 86.5 cm³/mol. The van der Waals surface area contributed by atoms with Crippen LogP contribution >= 0.6 is 35.6 Å². The molecule has 0 radical (unpaired) electrons. The van der Waals surface area contributed by atoms with Gasteiger partial charge in [0.25, 0.3) is 0 Å². The molecule has 0 saturated carbocycles. The molecule has 1 aliphatic rings. The molecule has 1 saturated heterocycles. The number of likely N-dealkylation sites (N-methyl/N-ethyl adjacent to an activating group) is 1. The molecule has 1 heterocycles. The van der Waals surface area contributed by atoms with E-state index in [2.05, 4.69) is 10.6 Å². The molecule has 1 unspecified atom stereocenters. The third-order valence-corrected chi connectivity index (χ3v) is 3.83. The maximum absolute atomic E-state index is 12.3. The van der Waals surface area contributed by atoms with Crippen molar-refractivity contribution in [2.24, 2.45) is 0 Å². The first-order valence-corrected chi connectivity index (χ1v) is 6.99. The first-order valence-electron chi connectivity index (χ1n) is 6.23. The summed E-state index contributed by atoms with van der Waals surface area (Å²) in [7, 11) is 1.68. The Kier molecular flexibility index (Phi) is 6.74. The molecular weight excluding hydrogens is 337 g/mol. The van der Waals surface area contributed by atoms with Crippen molar-refractivity contribution < 1.29 is 9.59 Å². The van der Waals surface area contributed by atoms with Gasteiger partial charge in [-0.05, 0) is 31.7 Å². The van der Waals surface area contributed by atoms with Gasteiger partial charge in [0.2, 0.25) is 11.8 Å². The molecule has 0 aromatic heterocycles. The van der Waals surface area contributed by atoms with E-state index in [1.807, 2.05) is 0 Å². The van der Waals surface area contributed by atoms with Crippen LogP contribution in [0.15, 0.2) is 18.2 Å². The van der Waals surface area contributed by atoms with Crippen LogP contribution in [0.25, 0.3) is 0 Å². The fraction of sp³-hybridized carbons (Fsp3) is 0.385. The largest absolute Gasteiger partial charge is 0.343 e. The Morgan fingerprint density at radius 2 is 2.10 bits per heavy atom. The number of nitrogens with zero attached hydrogens (tertiary/aromatic N) is 1. The van der Waals surface area contributed by atoms with E-state index in [-0.39, 0.29) is 30.8 Å². The maximum Gasteiger partial charge on any atom is 0.249 e. The van der Waals surface area contributed by atoms with Crippen LogP contribution in [-0.2, 0) is 9.59 Å². The van der Waals surface area contributed by atoms with Gasteiger partial charge < -0.3 is 15.5 Å². The molecule has 1 aromatic carbocycles. The zero-order chi connectivity index (χ0) is 14.7. The van der Waals surface area contributed by atoms with Crippen molar-refractivity contribution in [3.05, 3.63) is 28.2 Å². The van der Waals surface area contributed by atoms with Gasteiger partial charge in [0, 0.05) is 12.2 Å². The molecule has 0 aliphatic carbocycles. The van der Waals surface area contributed by atoms with Crippen molar-refractivity contribution >= 4 is 53.1 Å². The standard InChI is InChI=1S/C13H15Cl2N3O2.ClH/c1-16-7-12(19)17-11-4-5-18(13(11)20)8-2-3-9(14)10(15)6-8;/h2-3,6,11,16H,4-5,7H2,1H3,(H,17,19);1H. The summed E-state index contributed by atoms with van der Waals surface area (Å²) in [4.78, 5) is 25.4. The molecule has 1 fully saturated rings. The molecule has 0 spiro atoms. The lowest BCUT2D eigenvalue weighted by Gasteiger charge is -2.17. The zero-order valence-corrected chi connectivity index (χ0v) is 13.7. The fourth-order valence-electron chi connectivity index (χ4n) is 2.13. The van der Waals surface area contributed by atoms with E-state index in [1.54, 1.807) is 30.1 Å². The Balaban J connectivity index is 0.00000220. The van der Waals surface area contributed by atoms with E-state index in [0.29, 0.717) is 28.7 Å². The van der Waals surface area contributed by atoms with Crippen LogP contribution in [0.1, 0.15) is 6.42 Å². The zero-order valence-electron chi connectivity index (χ0n) is 11.4. The topological polar surface area (TPSA) is 61.4 Å². The highest BCUT2D eigenvalue weighted by Crippen LogP contribution is 2.29. The molecule has 116 valence electrons. The summed E-state index contributed by atoms with van der Waals surface area (Å²) in [5, 5.41) is 6.30. The molecule has 2 rings (SSSR count). The van der Waals surface area contributed by atoms with E-state index in [1.165, 1.54) is 0 Å². The van der Waals surface area contributed by atoms with E-state index in [9.17, 15) is 9.59 Å². The molecule has 8 heteroatoms. The summed E-state index contributed by atoms with van der Waals surface area (Å²) in [5.74, 6) is -0.324. The summed E-state index contributed by atoms with van der Waals surface area (Å²) >= 11 is 11.8. The third-order valence-electron chi connectivity index (χ3n) is 3.09. The first kappa shape index (κ1) is 18.0. The summed E-state index contributed by atoms with van der Waals surface area (Å²) < 4.78 is 0. The number of rotatable bonds is 4. The fourth-order valence-corrected chi connectivity index (χ4v) is 2.42. The number of amides is 2. The number of benzene rings is 1. The number of halogens is 3. The van der Waals surface area contributed by atoms with Crippen LogP contribution in [0.2, 0.25) is 10.0 Å². The summed E-state index contributed by atoms with van der Waals surface area (Å²) in [6, 6.07) is 4.56. The molecule has 0 bridgehead atoms. The minimum Gasteiger partial charge on any atom is -0.343 e. The Morgan fingerprint density at radius 3 is 2.71 bits per heavy atom. The van der Waals surface area contributed by atoms with Crippen LogP contribution in [0, 0.1) is 0 Å². The quantitative estimate of drug-likeness (QED) is 0.869. The van der Waals surface area contributed by atoms with Crippen LogP contribution in [-0.4, -0.2) is 38.0 Å². The second-order valence-corrected chi connectivity index (χ2v) is 5.34. The molecule has 1 atom stereocenters. The number of hydrogen-bond acceptors (Lipinski definition) is 3. The second-order valence-electron chi connectivity index (χ2n) is 4.53. The highest BCUT2D eigenvalue weighted by molar-refractivity contribution is 6.42. The summed E-state index contributed by atoms with van der Waals surface area (Å²) in [6.45, 7) is 0.734. The van der Waals surface area contributed by atoms with E-state index in [4.69, 9.17) is 23.2 Å². The Labute approximate surface area is 139 Å². The SMILES string of the molecule is CNCC(=O)NC1CCN(c2ccc(Cl)c(Cl)c2)C1=O.Cl. The molecule has 2 amide bonds. The van der Waals surface area contributed by atoms with E-state index >= 15 is 0 Å². The normalized spacial score (nSPS) is 17.6. The highest BCUT2D eigenvalue weighted by atomic mass is 35.5. The molecule has 1 aromatic rings. The van der Waals surface area contributed by atoms with Gasteiger partial charge in [-0.25, -0.2) is 0 Å². The van der Waals surface area contributed by atoms with Crippen LogP contribution in [0.5, 0.6) is 0 Å². The smallest absolute Gasteiger partial charge is 0.249 e. The van der Waals surface area contributed by atoms with Crippen molar-refractivity contribution in [2.75, 3.05) is 25.0 Å². The van der Waals surface area contributed by atoms with Crippen molar-refractivity contribution in [3.8, 4) is 0 Å². The lowest BCUT2D eigenvalue weighted by Crippen LogP contribution is -2.44. The van der Waals surface area contributed by atoms with Crippen LogP contribution < -0.4 is 15.5 Å². The van der Waals surface area contributed by atoms with E-state index in [0.717, 1.165) is 0 Å². The molecular formula is C13H16Cl3N3O2. The summed E-state index contributed by atoms with van der Waals surface area (Å²) in [6.07, 6.45) is 0.578. The second kappa shape index (κ2) is 7.84. The van der Waals surface area contributed by atoms with Crippen molar-refractivity contribution in [2.45, 2.75) is 12.5 Å². The Bertz CT molecular complexity index is 539. The van der Waals surface area contributed by atoms with Crippen LogP contribution in [0.3, 0.4) is 0 Å². The monoisotopic (exact) mass is 351 g/mol. The summed E-state index contributed by atoms with van der Waals surface area (Å²) in [5.41, 5.74) is 0.690. The molecule has 21 heavy (non-hydrogen) atoms. The van der Waals surface area contributed by atoms with Gasteiger partial charge in [-0.15, -0.1) is 12.4 Å². The molecule has 2 N–H and O–H groups in total. The number of anilines is 1. The van der Waals surface area contributed by atoms with Gasteiger partial charge >= 0.3 is 0 Å². The van der Waals surface area contributed by atoms with Crippen molar-refractivity contribution in [1.29, 1.82) is 0 Å². The Hall–Kier alpha value is -1.01.